The average Bonchev–Trinajstić information content (AvgIpc) is 3.50. The molecule has 164 valence electrons. The predicted molar refractivity (Wildman–Crippen MR) is 129 cm³/mol. The van der Waals surface area contributed by atoms with Gasteiger partial charge in [-0.2, -0.15) is 0 Å². The first kappa shape index (κ1) is 22.3. The molecule has 0 spiro atoms. The lowest BCUT2D eigenvalue weighted by Gasteiger charge is -1.97. The van der Waals surface area contributed by atoms with Crippen LogP contribution in [-0.2, 0) is 0 Å². The standard InChI is InChI=1S/C21H20N8O.C2H6/c1-3-11(18(22)23)8-14-10(2)26-20(28-14)16-6-7-17(30-16)21-27-13-5-4-12(19(24)25)9-15(13)29-21;1-2/h3-9H,1H2,2H3,(H3,22,23)(H3,24,25)(H,26,28)(H,27,29);1-2H3/b11-8+;. The van der Waals surface area contributed by atoms with Crippen LogP contribution in [0.5, 0.6) is 0 Å². The Morgan fingerprint density at radius 3 is 2.28 bits per heavy atom. The summed E-state index contributed by atoms with van der Waals surface area (Å²) in [7, 11) is 0. The fourth-order valence-corrected chi connectivity index (χ4v) is 3.01. The number of benzene rings is 1. The van der Waals surface area contributed by atoms with E-state index in [-0.39, 0.29) is 11.7 Å². The van der Waals surface area contributed by atoms with Crippen molar-refractivity contribution in [1.29, 1.82) is 10.8 Å². The number of nitrogens with one attached hydrogen (secondary N) is 4. The lowest BCUT2D eigenvalue weighted by Crippen LogP contribution is -2.11. The van der Waals surface area contributed by atoms with Gasteiger partial charge in [0.25, 0.3) is 0 Å². The van der Waals surface area contributed by atoms with Crippen LogP contribution in [0.1, 0.15) is 30.8 Å². The molecule has 3 aromatic heterocycles. The molecule has 9 heteroatoms. The van der Waals surface area contributed by atoms with Gasteiger partial charge in [-0.25, -0.2) is 9.97 Å². The smallest absolute Gasteiger partial charge is 0.174 e. The number of hydrogen-bond acceptors (Lipinski definition) is 5. The predicted octanol–water partition coefficient (Wildman–Crippen LogP) is 4.34. The van der Waals surface area contributed by atoms with Crippen molar-refractivity contribution in [2.24, 2.45) is 11.5 Å². The minimum absolute atomic E-state index is 0.00392. The van der Waals surface area contributed by atoms with Crippen LogP contribution in [0, 0.1) is 17.7 Å². The Hall–Kier alpha value is -4.40. The summed E-state index contributed by atoms with van der Waals surface area (Å²) >= 11 is 0. The third-order valence-corrected chi connectivity index (χ3v) is 4.61. The number of imidazole rings is 2. The van der Waals surface area contributed by atoms with E-state index < -0.39 is 0 Å². The van der Waals surface area contributed by atoms with Crippen molar-refractivity contribution in [3.63, 3.8) is 0 Å². The van der Waals surface area contributed by atoms with Gasteiger partial charge >= 0.3 is 0 Å². The zero-order chi connectivity index (χ0) is 23.4. The maximum absolute atomic E-state index is 7.58. The van der Waals surface area contributed by atoms with Gasteiger partial charge in [0.1, 0.15) is 11.7 Å². The van der Waals surface area contributed by atoms with Crippen LogP contribution in [-0.4, -0.2) is 31.6 Å². The van der Waals surface area contributed by atoms with Crippen LogP contribution in [0.3, 0.4) is 0 Å². The highest BCUT2D eigenvalue weighted by Crippen LogP contribution is 2.28. The first-order chi connectivity index (χ1) is 15.4. The van der Waals surface area contributed by atoms with E-state index in [9.17, 15) is 0 Å². The van der Waals surface area contributed by atoms with Crippen LogP contribution >= 0.6 is 0 Å². The Bertz CT molecular complexity index is 1340. The topological polar surface area (TPSA) is 170 Å². The van der Waals surface area contributed by atoms with Gasteiger partial charge < -0.3 is 25.9 Å². The van der Waals surface area contributed by atoms with E-state index in [1.807, 2.05) is 20.8 Å². The normalized spacial score (nSPS) is 11.2. The van der Waals surface area contributed by atoms with Gasteiger partial charge in [0, 0.05) is 16.8 Å². The fourth-order valence-electron chi connectivity index (χ4n) is 3.01. The summed E-state index contributed by atoms with van der Waals surface area (Å²) in [4.78, 5) is 15.4. The summed E-state index contributed by atoms with van der Waals surface area (Å²) in [6.07, 6.45) is 3.21. The van der Waals surface area contributed by atoms with Crippen LogP contribution in [0.15, 0.2) is 53.0 Å². The van der Waals surface area contributed by atoms with Crippen LogP contribution in [0.25, 0.3) is 40.3 Å². The number of furan rings is 1. The zero-order valence-electron chi connectivity index (χ0n) is 18.2. The van der Waals surface area contributed by atoms with Crippen molar-refractivity contribution in [1.82, 2.24) is 19.9 Å². The van der Waals surface area contributed by atoms with Crippen molar-refractivity contribution >= 4 is 28.8 Å². The lowest BCUT2D eigenvalue weighted by atomic mass is 10.2. The number of rotatable bonds is 6. The number of aromatic nitrogens is 4. The molecule has 0 unspecified atom stereocenters. The minimum Gasteiger partial charge on any atom is -0.450 e. The molecule has 4 rings (SSSR count). The molecule has 0 aliphatic heterocycles. The van der Waals surface area contributed by atoms with Crippen LogP contribution in [0.4, 0.5) is 0 Å². The van der Waals surface area contributed by atoms with E-state index in [0.717, 1.165) is 16.7 Å². The number of aromatic amines is 2. The number of amidine groups is 2. The Labute approximate surface area is 185 Å². The summed E-state index contributed by atoms with van der Waals surface area (Å²) < 4.78 is 5.95. The number of H-pyrrole nitrogens is 2. The number of nitrogens with two attached hydrogens (primary N) is 2. The average molecular weight is 431 g/mol. The molecule has 0 amide bonds. The molecule has 9 nitrogen and oxygen atoms in total. The van der Waals surface area contributed by atoms with E-state index in [1.54, 1.807) is 36.4 Å². The van der Waals surface area contributed by atoms with Crippen LogP contribution in [0.2, 0.25) is 0 Å². The Morgan fingerprint density at radius 1 is 1.03 bits per heavy atom. The van der Waals surface area contributed by atoms with Gasteiger partial charge in [-0.05, 0) is 43.3 Å². The molecule has 0 fully saturated rings. The molecule has 0 saturated carbocycles. The number of hydrogen-bond donors (Lipinski definition) is 6. The maximum atomic E-state index is 7.58. The highest BCUT2D eigenvalue weighted by molar-refractivity contribution is 6.01. The summed E-state index contributed by atoms with van der Waals surface area (Å²) in [5, 5.41) is 15.1. The van der Waals surface area contributed by atoms with Gasteiger partial charge in [-0.3, -0.25) is 10.8 Å². The first-order valence-corrected chi connectivity index (χ1v) is 10.1. The molecule has 0 aliphatic carbocycles. The number of aryl methyl sites for hydroxylation is 1. The molecule has 1 aromatic carbocycles. The molecule has 32 heavy (non-hydrogen) atoms. The maximum Gasteiger partial charge on any atom is 0.174 e. The Balaban J connectivity index is 0.00000141. The van der Waals surface area contributed by atoms with Gasteiger partial charge in [-0.1, -0.05) is 26.5 Å². The SMILES string of the molecule is C=C/C(=C\c1nc(-c2ccc(-c3nc4ccc(C(=N)N)cc4[nH]3)o2)[nH]c1C)C(=N)N.CC. The molecular weight excluding hydrogens is 404 g/mol. The fraction of sp³-hybridized carbons (Fsp3) is 0.130. The molecule has 0 radical (unpaired) electrons. The first-order valence-electron chi connectivity index (χ1n) is 10.1. The quantitative estimate of drug-likeness (QED) is 0.151. The van der Waals surface area contributed by atoms with E-state index >= 15 is 0 Å². The van der Waals surface area contributed by atoms with Crippen molar-refractivity contribution in [3.8, 4) is 23.2 Å². The Morgan fingerprint density at radius 2 is 1.69 bits per heavy atom. The highest BCUT2D eigenvalue weighted by atomic mass is 16.3. The molecular formula is C23H26N8O. The third-order valence-electron chi connectivity index (χ3n) is 4.61. The molecule has 4 aromatic rings. The number of nitrogens with zero attached hydrogens (tertiary/aromatic N) is 2. The molecule has 0 saturated heterocycles. The minimum atomic E-state index is -0.0768. The molecule has 0 aliphatic rings. The summed E-state index contributed by atoms with van der Waals surface area (Å²) in [6.45, 7) is 9.54. The van der Waals surface area contributed by atoms with E-state index in [2.05, 4.69) is 26.5 Å². The van der Waals surface area contributed by atoms with Gasteiger partial charge in [0.05, 0.1) is 16.7 Å². The third kappa shape index (κ3) is 4.36. The van der Waals surface area contributed by atoms with E-state index in [4.69, 9.17) is 26.7 Å². The number of fused-ring (bicyclic) bond motifs is 1. The second-order valence-electron chi connectivity index (χ2n) is 6.71. The summed E-state index contributed by atoms with van der Waals surface area (Å²) in [5.41, 5.74) is 15.2. The Kier molecular flexibility index (Phi) is 6.39. The largest absolute Gasteiger partial charge is 0.450 e. The van der Waals surface area contributed by atoms with E-state index in [0.29, 0.717) is 40.0 Å². The second kappa shape index (κ2) is 9.17. The van der Waals surface area contributed by atoms with Crippen molar-refractivity contribution in [2.45, 2.75) is 20.8 Å². The molecule has 8 N–H and O–H groups in total. The monoisotopic (exact) mass is 430 g/mol. The molecule has 3 heterocycles. The molecule has 0 bridgehead atoms. The van der Waals surface area contributed by atoms with Crippen LogP contribution < -0.4 is 11.5 Å². The van der Waals surface area contributed by atoms with Gasteiger partial charge in [-0.15, -0.1) is 0 Å². The summed E-state index contributed by atoms with van der Waals surface area (Å²) in [5.74, 6) is 2.12. The van der Waals surface area contributed by atoms with Crippen molar-refractivity contribution < 1.29 is 4.42 Å². The second-order valence-corrected chi connectivity index (χ2v) is 6.71. The number of nitrogen functional groups attached to an aromatic ring is 1. The molecule has 0 atom stereocenters. The van der Waals surface area contributed by atoms with Crippen molar-refractivity contribution in [2.75, 3.05) is 0 Å². The highest BCUT2D eigenvalue weighted by Gasteiger charge is 2.15. The van der Waals surface area contributed by atoms with Gasteiger partial charge in [0.2, 0.25) is 0 Å². The lowest BCUT2D eigenvalue weighted by molar-refractivity contribution is 0.589. The van der Waals surface area contributed by atoms with Gasteiger partial charge in [0.15, 0.2) is 23.2 Å². The zero-order valence-corrected chi connectivity index (χ0v) is 18.2. The van der Waals surface area contributed by atoms with Crippen molar-refractivity contribution in [3.05, 3.63) is 65.5 Å². The summed E-state index contributed by atoms with van der Waals surface area (Å²) in [6, 6.07) is 8.93. The van der Waals surface area contributed by atoms with E-state index in [1.165, 1.54) is 6.08 Å².